The lowest BCUT2D eigenvalue weighted by Crippen LogP contribution is -2.31. The van der Waals surface area contributed by atoms with Gasteiger partial charge in [0.2, 0.25) is 0 Å². The summed E-state index contributed by atoms with van der Waals surface area (Å²) in [7, 11) is 0. The van der Waals surface area contributed by atoms with Gasteiger partial charge >= 0.3 is 0 Å². The van der Waals surface area contributed by atoms with Crippen LogP contribution in [0.1, 0.15) is 44.9 Å². The minimum absolute atomic E-state index is 0.293. The van der Waals surface area contributed by atoms with Crippen molar-refractivity contribution in [3.8, 4) is 0 Å². The predicted octanol–water partition coefficient (Wildman–Crippen LogP) is 1.87. The summed E-state index contributed by atoms with van der Waals surface area (Å²) in [5.41, 5.74) is 5.86. The lowest BCUT2D eigenvalue weighted by Gasteiger charge is -2.25. The monoisotopic (exact) mass is 181 g/mol. The van der Waals surface area contributed by atoms with Gasteiger partial charge in [-0.05, 0) is 38.0 Å². The van der Waals surface area contributed by atoms with Crippen molar-refractivity contribution in [2.75, 3.05) is 0 Å². The van der Waals surface area contributed by atoms with Crippen LogP contribution in [0.4, 0.5) is 0 Å². The first kappa shape index (κ1) is 9.20. The maximum atomic E-state index is 11.7. The van der Waals surface area contributed by atoms with Crippen molar-refractivity contribution in [3.05, 3.63) is 0 Å². The quantitative estimate of drug-likeness (QED) is 0.722. The third kappa shape index (κ3) is 2.53. The average molecular weight is 181 g/mol. The second kappa shape index (κ2) is 3.79. The van der Waals surface area contributed by atoms with Crippen molar-refractivity contribution < 1.29 is 4.79 Å². The lowest BCUT2D eigenvalue weighted by molar-refractivity contribution is -0.124. The molecule has 0 bridgehead atoms. The Morgan fingerprint density at radius 1 is 1.23 bits per heavy atom. The van der Waals surface area contributed by atoms with Gasteiger partial charge in [0.15, 0.2) is 0 Å². The van der Waals surface area contributed by atoms with Crippen molar-refractivity contribution in [2.24, 2.45) is 17.6 Å². The number of hydrogen-bond acceptors (Lipinski definition) is 2. The van der Waals surface area contributed by atoms with E-state index in [1.165, 1.54) is 12.8 Å². The van der Waals surface area contributed by atoms with E-state index in [1.54, 1.807) is 0 Å². The zero-order valence-electron chi connectivity index (χ0n) is 8.17. The number of rotatable bonds is 3. The van der Waals surface area contributed by atoms with Crippen LogP contribution in [0.25, 0.3) is 0 Å². The van der Waals surface area contributed by atoms with Gasteiger partial charge in [-0.3, -0.25) is 4.79 Å². The van der Waals surface area contributed by atoms with Crippen LogP contribution in [0.3, 0.4) is 0 Å². The Hall–Kier alpha value is -0.370. The summed E-state index contributed by atoms with van der Waals surface area (Å²) in [5, 5.41) is 0. The van der Waals surface area contributed by atoms with Gasteiger partial charge in [0.1, 0.15) is 5.78 Å². The van der Waals surface area contributed by atoms with E-state index in [1.807, 2.05) is 0 Å². The molecule has 0 radical (unpaired) electrons. The number of hydrogen-bond donors (Lipinski definition) is 1. The largest absolute Gasteiger partial charge is 0.328 e. The number of ketones is 1. The zero-order valence-corrected chi connectivity index (χ0v) is 8.17. The molecule has 0 heterocycles. The highest BCUT2D eigenvalue weighted by molar-refractivity contribution is 5.81. The van der Waals surface area contributed by atoms with Gasteiger partial charge in [-0.1, -0.05) is 6.42 Å². The van der Waals surface area contributed by atoms with Gasteiger partial charge < -0.3 is 5.73 Å². The highest BCUT2D eigenvalue weighted by Gasteiger charge is 2.30. The molecule has 2 fully saturated rings. The van der Waals surface area contributed by atoms with Gasteiger partial charge in [-0.15, -0.1) is 0 Å². The Morgan fingerprint density at radius 2 is 2.00 bits per heavy atom. The molecule has 2 nitrogen and oxygen atoms in total. The minimum Gasteiger partial charge on any atom is -0.328 e. The molecule has 74 valence electrons. The van der Waals surface area contributed by atoms with Gasteiger partial charge in [0.25, 0.3) is 0 Å². The molecule has 2 unspecified atom stereocenters. The Labute approximate surface area is 79.9 Å². The van der Waals surface area contributed by atoms with E-state index >= 15 is 0 Å². The fraction of sp³-hybridized carbons (Fsp3) is 0.909. The van der Waals surface area contributed by atoms with E-state index in [-0.39, 0.29) is 0 Å². The van der Waals surface area contributed by atoms with Crippen molar-refractivity contribution in [3.63, 3.8) is 0 Å². The topological polar surface area (TPSA) is 43.1 Å². The Morgan fingerprint density at radius 3 is 2.62 bits per heavy atom. The van der Waals surface area contributed by atoms with Crippen LogP contribution in [0, 0.1) is 11.8 Å². The van der Waals surface area contributed by atoms with Crippen molar-refractivity contribution in [1.29, 1.82) is 0 Å². The molecule has 2 saturated carbocycles. The second-order valence-corrected chi connectivity index (χ2v) is 4.74. The molecule has 0 amide bonds. The maximum absolute atomic E-state index is 11.7. The number of carbonyl (C=O) groups is 1. The second-order valence-electron chi connectivity index (χ2n) is 4.74. The molecule has 13 heavy (non-hydrogen) atoms. The third-order valence-electron chi connectivity index (χ3n) is 3.36. The molecule has 0 aliphatic heterocycles. The van der Waals surface area contributed by atoms with E-state index in [2.05, 4.69) is 0 Å². The van der Waals surface area contributed by atoms with E-state index < -0.39 is 0 Å². The third-order valence-corrected chi connectivity index (χ3v) is 3.36. The van der Waals surface area contributed by atoms with Gasteiger partial charge in [0, 0.05) is 18.4 Å². The zero-order chi connectivity index (χ0) is 9.26. The molecule has 2 atom stereocenters. The Balaban J connectivity index is 1.80. The number of nitrogens with two attached hydrogens (primary N) is 1. The molecule has 0 aromatic heterocycles. The molecule has 0 saturated heterocycles. The first-order valence-corrected chi connectivity index (χ1v) is 5.54. The molecule has 2 N–H and O–H groups in total. The molecule has 0 aromatic rings. The molecular formula is C11H19NO. The average Bonchev–Trinajstić information content (AvgIpc) is 2.88. The molecule has 0 spiro atoms. The van der Waals surface area contributed by atoms with Gasteiger partial charge in [-0.2, -0.15) is 0 Å². The summed E-state index contributed by atoms with van der Waals surface area (Å²) in [5.74, 6) is 1.55. The van der Waals surface area contributed by atoms with E-state index in [9.17, 15) is 4.79 Å². The number of Topliss-reactive ketones (excluding diaryl/α,β-unsaturated/α-hetero) is 1. The highest BCUT2D eigenvalue weighted by Crippen LogP contribution is 2.35. The van der Waals surface area contributed by atoms with Crippen LogP contribution < -0.4 is 5.73 Å². The summed E-state index contributed by atoms with van der Waals surface area (Å²) >= 11 is 0. The van der Waals surface area contributed by atoms with Crippen LogP contribution in [0.2, 0.25) is 0 Å². The first-order valence-electron chi connectivity index (χ1n) is 5.54. The Kier molecular flexibility index (Phi) is 2.68. The molecule has 2 heteroatoms. The first-order chi connectivity index (χ1) is 6.25. The molecule has 0 aromatic carbocycles. The van der Waals surface area contributed by atoms with Crippen molar-refractivity contribution in [1.82, 2.24) is 0 Å². The molecular weight excluding hydrogens is 162 g/mol. The van der Waals surface area contributed by atoms with Crippen LogP contribution >= 0.6 is 0 Å². The van der Waals surface area contributed by atoms with Crippen LogP contribution in [0.15, 0.2) is 0 Å². The molecule has 2 rings (SSSR count). The molecule has 2 aliphatic carbocycles. The number of carbonyl (C=O) groups excluding carboxylic acids is 1. The summed E-state index contributed by atoms with van der Waals surface area (Å²) in [6, 6.07) is 0.293. The smallest absolute Gasteiger partial charge is 0.136 e. The normalized spacial score (nSPS) is 34.5. The summed E-state index contributed by atoms with van der Waals surface area (Å²) in [6.07, 6.45) is 7.73. The van der Waals surface area contributed by atoms with Crippen molar-refractivity contribution in [2.45, 2.75) is 51.0 Å². The maximum Gasteiger partial charge on any atom is 0.136 e. The van der Waals surface area contributed by atoms with Gasteiger partial charge in [0.05, 0.1) is 0 Å². The minimum atomic E-state index is 0.293. The van der Waals surface area contributed by atoms with Crippen LogP contribution in [-0.2, 0) is 4.79 Å². The summed E-state index contributed by atoms with van der Waals surface area (Å²) in [4.78, 5) is 11.7. The summed E-state index contributed by atoms with van der Waals surface area (Å²) in [6.45, 7) is 0. The van der Waals surface area contributed by atoms with E-state index in [4.69, 9.17) is 5.73 Å². The van der Waals surface area contributed by atoms with E-state index in [0.717, 1.165) is 38.0 Å². The fourth-order valence-corrected chi connectivity index (χ4v) is 2.29. The fourth-order valence-electron chi connectivity index (χ4n) is 2.29. The molecule has 2 aliphatic rings. The van der Waals surface area contributed by atoms with Crippen molar-refractivity contribution >= 4 is 5.78 Å². The predicted molar refractivity (Wildman–Crippen MR) is 52.3 cm³/mol. The van der Waals surface area contributed by atoms with Gasteiger partial charge in [-0.25, -0.2) is 0 Å². The Bertz CT molecular complexity index is 198. The van der Waals surface area contributed by atoms with E-state index in [0.29, 0.717) is 17.7 Å². The summed E-state index contributed by atoms with van der Waals surface area (Å²) < 4.78 is 0. The standard InChI is InChI=1S/C11H19NO/c12-10-3-1-2-9(7-10)11(13)6-8-4-5-8/h8-10H,1-7,12H2. The van der Waals surface area contributed by atoms with Crippen LogP contribution in [0.5, 0.6) is 0 Å². The van der Waals surface area contributed by atoms with Crippen LogP contribution in [-0.4, -0.2) is 11.8 Å². The lowest BCUT2D eigenvalue weighted by atomic mass is 9.82. The highest BCUT2D eigenvalue weighted by atomic mass is 16.1. The SMILES string of the molecule is NC1CCCC(C(=O)CC2CC2)C1.